The van der Waals surface area contributed by atoms with Crippen molar-refractivity contribution in [2.45, 2.75) is 25.9 Å². The number of carbonyl (C=O) groups excluding carboxylic acids is 1. The maximum absolute atomic E-state index is 12.4. The number of hydrogen-bond donors (Lipinski definition) is 0. The smallest absolute Gasteiger partial charge is 0.355 e. The predicted molar refractivity (Wildman–Crippen MR) is 83.3 cm³/mol. The zero-order valence-electron chi connectivity index (χ0n) is 13.3. The first-order valence-electron chi connectivity index (χ1n) is 7.44. The molecule has 0 saturated heterocycles. The number of carbonyl (C=O) groups is 1. The van der Waals surface area contributed by atoms with E-state index in [1.807, 2.05) is 0 Å². The van der Waals surface area contributed by atoms with Gasteiger partial charge in [0, 0.05) is 17.5 Å². The summed E-state index contributed by atoms with van der Waals surface area (Å²) in [5.41, 5.74) is 4.44. The van der Waals surface area contributed by atoms with Crippen molar-refractivity contribution < 1.29 is 14.0 Å². The highest BCUT2D eigenvalue weighted by atomic mass is 16.5. The van der Waals surface area contributed by atoms with Crippen LogP contribution in [0.15, 0.2) is 18.2 Å². The molecule has 0 spiro atoms. The first-order chi connectivity index (χ1) is 9.92. The van der Waals surface area contributed by atoms with Crippen molar-refractivity contribution in [3.63, 3.8) is 0 Å². The van der Waals surface area contributed by atoms with Crippen molar-refractivity contribution in [1.82, 2.24) is 4.57 Å². The van der Waals surface area contributed by atoms with Gasteiger partial charge < -0.3 is 13.8 Å². The van der Waals surface area contributed by atoms with Crippen LogP contribution >= 0.6 is 0 Å². The van der Waals surface area contributed by atoms with Crippen LogP contribution in [-0.2, 0) is 24.2 Å². The molecule has 0 fully saturated rings. The fourth-order valence-corrected chi connectivity index (χ4v) is 3.37. The quantitative estimate of drug-likeness (QED) is 0.642. The number of aromatic nitrogens is 1. The van der Waals surface area contributed by atoms with E-state index in [0.717, 1.165) is 41.7 Å². The summed E-state index contributed by atoms with van der Waals surface area (Å²) in [5, 5.41) is 1.21. The number of esters is 1. The molecule has 1 aliphatic heterocycles. The number of quaternary nitrogens is 1. The summed E-state index contributed by atoms with van der Waals surface area (Å²) in [4.78, 5) is 12.4. The van der Waals surface area contributed by atoms with Crippen molar-refractivity contribution in [3.05, 3.63) is 35.0 Å². The van der Waals surface area contributed by atoms with Crippen LogP contribution in [0.4, 0.5) is 0 Å². The van der Waals surface area contributed by atoms with Crippen LogP contribution in [-0.4, -0.2) is 43.3 Å². The zero-order chi connectivity index (χ0) is 15.2. The Balaban J connectivity index is 2.33. The summed E-state index contributed by atoms with van der Waals surface area (Å²) in [7, 11) is 7.90. The number of aryl methyl sites for hydroxylation is 2. The lowest BCUT2D eigenvalue weighted by Crippen LogP contribution is -2.34. The largest absolute Gasteiger partial charge is 0.464 e. The molecule has 0 radical (unpaired) electrons. The number of nitrogens with zero attached hydrogens (tertiary/aromatic N) is 2. The van der Waals surface area contributed by atoms with Gasteiger partial charge in [0.05, 0.1) is 33.8 Å². The average molecular weight is 287 g/mol. The highest BCUT2D eigenvalue weighted by Crippen LogP contribution is 2.34. The Morgan fingerprint density at radius 3 is 2.76 bits per heavy atom. The lowest BCUT2D eigenvalue weighted by Gasteiger charge is -2.24. The lowest BCUT2D eigenvalue weighted by molar-refractivity contribution is -0.883. The van der Waals surface area contributed by atoms with E-state index < -0.39 is 0 Å². The van der Waals surface area contributed by atoms with E-state index in [4.69, 9.17) is 4.74 Å². The standard InChI is InChI=1S/C17H23N2O2/c1-19(2,3)11-14-13-9-5-7-12-8-6-10-18(15(12)13)16(14)17(20)21-4/h5,7,9H,6,8,10-11H2,1-4H3/q+1. The molecule has 1 aromatic carbocycles. The van der Waals surface area contributed by atoms with E-state index in [2.05, 4.69) is 43.9 Å². The summed E-state index contributed by atoms with van der Waals surface area (Å²) in [6.45, 7) is 1.71. The molecule has 0 atom stereocenters. The van der Waals surface area contributed by atoms with Crippen LogP contribution in [0.5, 0.6) is 0 Å². The van der Waals surface area contributed by atoms with E-state index in [0.29, 0.717) is 0 Å². The van der Waals surface area contributed by atoms with E-state index in [9.17, 15) is 4.79 Å². The number of rotatable bonds is 3. The highest BCUT2D eigenvalue weighted by Gasteiger charge is 2.29. The molecule has 0 N–H and O–H groups in total. The fourth-order valence-electron chi connectivity index (χ4n) is 3.37. The molecule has 21 heavy (non-hydrogen) atoms. The molecular formula is C17H23N2O2+. The van der Waals surface area contributed by atoms with Crippen LogP contribution in [0.3, 0.4) is 0 Å². The van der Waals surface area contributed by atoms with Crippen molar-refractivity contribution in [1.29, 1.82) is 0 Å². The van der Waals surface area contributed by atoms with Crippen LogP contribution in [0.1, 0.15) is 28.0 Å². The Labute approximate surface area is 125 Å². The maximum atomic E-state index is 12.4. The molecule has 2 aromatic rings. The first-order valence-corrected chi connectivity index (χ1v) is 7.44. The van der Waals surface area contributed by atoms with Crippen LogP contribution in [0.25, 0.3) is 10.9 Å². The van der Waals surface area contributed by atoms with Gasteiger partial charge in [0.15, 0.2) is 0 Å². The molecule has 0 unspecified atom stereocenters. The van der Waals surface area contributed by atoms with Gasteiger partial charge in [0.2, 0.25) is 0 Å². The van der Waals surface area contributed by atoms with Crippen molar-refractivity contribution in [2.24, 2.45) is 0 Å². The van der Waals surface area contributed by atoms with Crippen molar-refractivity contribution in [3.8, 4) is 0 Å². The van der Waals surface area contributed by atoms with Crippen LogP contribution in [0, 0.1) is 0 Å². The third kappa shape index (κ3) is 2.33. The van der Waals surface area contributed by atoms with E-state index in [1.165, 1.54) is 23.6 Å². The van der Waals surface area contributed by atoms with Gasteiger partial charge in [-0.1, -0.05) is 18.2 Å². The molecular weight excluding hydrogens is 264 g/mol. The fraction of sp³-hybridized carbons (Fsp3) is 0.471. The summed E-state index contributed by atoms with van der Waals surface area (Å²) >= 11 is 0. The molecule has 0 bridgehead atoms. The molecule has 4 nitrogen and oxygen atoms in total. The minimum Gasteiger partial charge on any atom is -0.464 e. The molecule has 3 rings (SSSR count). The summed E-state index contributed by atoms with van der Waals surface area (Å²) in [5.74, 6) is -0.220. The normalized spacial score (nSPS) is 14.5. The number of benzene rings is 1. The van der Waals surface area contributed by atoms with Gasteiger partial charge in [-0.2, -0.15) is 0 Å². The molecule has 4 heteroatoms. The first kappa shape index (κ1) is 14.1. The van der Waals surface area contributed by atoms with Gasteiger partial charge in [-0.05, 0) is 18.4 Å². The van der Waals surface area contributed by atoms with Crippen LogP contribution < -0.4 is 0 Å². The SMILES string of the molecule is COC(=O)c1c(C[N+](C)(C)C)c2cccc3c2n1CCC3. The number of hydrogen-bond acceptors (Lipinski definition) is 2. The lowest BCUT2D eigenvalue weighted by atomic mass is 10.0. The van der Waals surface area contributed by atoms with Crippen LogP contribution in [0.2, 0.25) is 0 Å². The second-order valence-electron chi connectivity index (χ2n) is 6.84. The van der Waals surface area contributed by atoms with Gasteiger partial charge in [-0.3, -0.25) is 0 Å². The van der Waals surface area contributed by atoms with E-state index in [-0.39, 0.29) is 5.97 Å². The number of methoxy groups -OCH3 is 1. The topological polar surface area (TPSA) is 31.2 Å². The van der Waals surface area contributed by atoms with Crippen molar-refractivity contribution >= 4 is 16.9 Å². The summed E-state index contributed by atoms with van der Waals surface area (Å²) < 4.78 is 8.02. The van der Waals surface area contributed by atoms with Gasteiger partial charge >= 0.3 is 5.97 Å². The number of ether oxygens (including phenoxy) is 1. The molecule has 0 aliphatic carbocycles. The highest BCUT2D eigenvalue weighted by molar-refractivity contribution is 6.00. The molecule has 2 heterocycles. The Kier molecular flexibility index (Phi) is 3.29. The number of para-hydroxylation sites is 1. The third-order valence-electron chi connectivity index (χ3n) is 4.11. The van der Waals surface area contributed by atoms with Gasteiger partial charge in [-0.25, -0.2) is 4.79 Å². The molecule has 0 saturated carbocycles. The van der Waals surface area contributed by atoms with Gasteiger partial charge in [-0.15, -0.1) is 0 Å². The molecule has 1 aromatic heterocycles. The van der Waals surface area contributed by atoms with Gasteiger partial charge in [0.25, 0.3) is 0 Å². The Bertz CT molecular complexity index is 708. The molecule has 112 valence electrons. The average Bonchev–Trinajstić information content (AvgIpc) is 2.73. The zero-order valence-corrected chi connectivity index (χ0v) is 13.3. The second-order valence-corrected chi connectivity index (χ2v) is 6.84. The monoisotopic (exact) mass is 287 g/mol. The van der Waals surface area contributed by atoms with Crippen molar-refractivity contribution in [2.75, 3.05) is 28.3 Å². The Hall–Kier alpha value is -1.81. The predicted octanol–water partition coefficient (Wildman–Crippen LogP) is 2.58. The molecule has 1 aliphatic rings. The maximum Gasteiger partial charge on any atom is 0.355 e. The van der Waals surface area contributed by atoms with Gasteiger partial charge in [0.1, 0.15) is 12.2 Å². The minimum atomic E-state index is -0.220. The second kappa shape index (κ2) is 4.88. The summed E-state index contributed by atoms with van der Waals surface area (Å²) in [6, 6.07) is 6.42. The minimum absolute atomic E-state index is 0.220. The Morgan fingerprint density at radius 2 is 2.10 bits per heavy atom. The van der Waals surface area contributed by atoms with E-state index in [1.54, 1.807) is 0 Å². The third-order valence-corrected chi connectivity index (χ3v) is 4.11. The summed E-state index contributed by atoms with van der Waals surface area (Å²) in [6.07, 6.45) is 2.17. The van der Waals surface area contributed by atoms with E-state index >= 15 is 0 Å². The molecule has 0 amide bonds. The Morgan fingerprint density at radius 1 is 1.33 bits per heavy atom.